The van der Waals surface area contributed by atoms with Crippen molar-refractivity contribution in [2.24, 2.45) is 0 Å². The van der Waals surface area contributed by atoms with Crippen LogP contribution in [0.2, 0.25) is 5.02 Å². The Kier molecular flexibility index (Phi) is 6.89. The molecule has 0 aliphatic heterocycles. The van der Waals surface area contributed by atoms with Gasteiger partial charge in [-0.3, -0.25) is 0 Å². The molecule has 7 heteroatoms. The van der Waals surface area contributed by atoms with Crippen LogP contribution in [0.3, 0.4) is 0 Å². The minimum Gasteiger partial charge on any atom is -0.493 e. The summed E-state index contributed by atoms with van der Waals surface area (Å²) in [6.07, 6.45) is 0.649. The lowest BCUT2D eigenvalue weighted by molar-refractivity contribution is 0.240. The SMILES string of the molecule is COc1ccc(CCNC(=O)NCc2ccc(F)c(Cl)c2)cc1OC. The van der Waals surface area contributed by atoms with E-state index >= 15 is 0 Å². The Labute approximate surface area is 151 Å². The molecule has 0 heterocycles. The van der Waals surface area contributed by atoms with Gasteiger partial charge in [0, 0.05) is 13.1 Å². The maximum absolute atomic E-state index is 13.1. The van der Waals surface area contributed by atoms with Gasteiger partial charge in [0.15, 0.2) is 11.5 Å². The molecule has 2 aromatic rings. The molecule has 0 radical (unpaired) electrons. The second-order valence-electron chi connectivity index (χ2n) is 5.30. The van der Waals surface area contributed by atoms with E-state index in [1.165, 1.54) is 12.1 Å². The summed E-state index contributed by atoms with van der Waals surface area (Å²) < 4.78 is 23.5. The predicted octanol–water partition coefficient (Wildman–Crippen LogP) is 3.54. The van der Waals surface area contributed by atoms with Gasteiger partial charge in [-0.1, -0.05) is 23.7 Å². The normalized spacial score (nSPS) is 10.2. The van der Waals surface area contributed by atoms with Crippen molar-refractivity contribution < 1.29 is 18.7 Å². The summed E-state index contributed by atoms with van der Waals surface area (Å²) in [6, 6.07) is 9.65. The number of urea groups is 1. The molecule has 2 aromatic carbocycles. The summed E-state index contributed by atoms with van der Waals surface area (Å²) in [6.45, 7) is 0.730. The number of benzene rings is 2. The fraction of sp³-hybridized carbons (Fsp3) is 0.278. The van der Waals surface area contributed by atoms with E-state index in [0.29, 0.717) is 24.5 Å². The topological polar surface area (TPSA) is 59.6 Å². The molecule has 0 saturated carbocycles. The first-order valence-electron chi connectivity index (χ1n) is 7.70. The van der Waals surface area contributed by atoms with Gasteiger partial charge in [0.05, 0.1) is 19.2 Å². The van der Waals surface area contributed by atoms with E-state index in [1.54, 1.807) is 20.3 Å². The molecular weight excluding hydrogens is 347 g/mol. The van der Waals surface area contributed by atoms with Gasteiger partial charge in [0.1, 0.15) is 5.82 Å². The summed E-state index contributed by atoms with van der Waals surface area (Å²) in [5, 5.41) is 5.50. The molecule has 25 heavy (non-hydrogen) atoms. The first-order valence-corrected chi connectivity index (χ1v) is 8.08. The molecule has 0 saturated heterocycles. The lowest BCUT2D eigenvalue weighted by Gasteiger charge is -2.11. The average Bonchev–Trinajstić information content (AvgIpc) is 2.62. The molecule has 0 bridgehead atoms. The van der Waals surface area contributed by atoms with Crippen LogP contribution in [-0.4, -0.2) is 26.8 Å². The molecule has 0 atom stereocenters. The first-order chi connectivity index (χ1) is 12.0. The Balaban J connectivity index is 1.77. The van der Waals surface area contributed by atoms with Crippen LogP contribution in [0.4, 0.5) is 9.18 Å². The molecule has 5 nitrogen and oxygen atoms in total. The van der Waals surface area contributed by atoms with Crippen molar-refractivity contribution in [1.82, 2.24) is 10.6 Å². The summed E-state index contributed by atoms with van der Waals surface area (Å²) in [5.41, 5.74) is 1.74. The Hall–Kier alpha value is -2.47. The Morgan fingerprint density at radius 2 is 1.76 bits per heavy atom. The van der Waals surface area contributed by atoms with Crippen molar-refractivity contribution in [3.05, 3.63) is 58.4 Å². The second kappa shape index (κ2) is 9.13. The second-order valence-corrected chi connectivity index (χ2v) is 5.70. The zero-order valence-electron chi connectivity index (χ0n) is 14.1. The van der Waals surface area contributed by atoms with E-state index in [1.807, 2.05) is 18.2 Å². The standard InChI is InChI=1S/C18H20ClFN2O3/c1-24-16-6-4-12(10-17(16)25-2)7-8-21-18(23)22-11-13-3-5-15(20)14(19)9-13/h3-6,9-10H,7-8,11H2,1-2H3,(H2,21,22,23). The highest BCUT2D eigenvalue weighted by Crippen LogP contribution is 2.27. The number of carbonyl (C=O) groups excluding carboxylic acids is 1. The molecule has 0 unspecified atom stereocenters. The number of methoxy groups -OCH3 is 2. The van der Waals surface area contributed by atoms with Crippen LogP contribution >= 0.6 is 11.6 Å². The van der Waals surface area contributed by atoms with Gasteiger partial charge in [-0.2, -0.15) is 0 Å². The predicted molar refractivity (Wildman–Crippen MR) is 94.9 cm³/mol. The minimum absolute atomic E-state index is 0.0353. The van der Waals surface area contributed by atoms with Crippen molar-refractivity contribution in [2.75, 3.05) is 20.8 Å². The molecule has 2 N–H and O–H groups in total. The van der Waals surface area contributed by atoms with E-state index in [4.69, 9.17) is 21.1 Å². The highest BCUT2D eigenvalue weighted by atomic mass is 35.5. The highest BCUT2D eigenvalue weighted by Gasteiger charge is 2.06. The molecule has 0 spiro atoms. The van der Waals surface area contributed by atoms with E-state index in [0.717, 1.165) is 11.1 Å². The van der Waals surface area contributed by atoms with Gasteiger partial charge < -0.3 is 20.1 Å². The number of halogens is 2. The Bertz CT molecular complexity index is 740. The number of amides is 2. The molecule has 0 aliphatic carbocycles. The third-order valence-electron chi connectivity index (χ3n) is 3.58. The molecule has 0 aromatic heterocycles. The van der Waals surface area contributed by atoms with Crippen molar-refractivity contribution in [1.29, 1.82) is 0 Å². The minimum atomic E-state index is -0.482. The van der Waals surface area contributed by atoms with E-state index in [9.17, 15) is 9.18 Å². The van der Waals surface area contributed by atoms with Crippen molar-refractivity contribution in [2.45, 2.75) is 13.0 Å². The fourth-order valence-electron chi connectivity index (χ4n) is 2.25. The van der Waals surface area contributed by atoms with Crippen LogP contribution in [0.5, 0.6) is 11.5 Å². The van der Waals surface area contributed by atoms with Crippen LogP contribution in [0.1, 0.15) is 11.1 Å². The summed E-state index contributed by atoms with van der Waals surface area (Å²) in [5.74, 6) is 0.831. The Morgan fingerprint density at radius 3 is 2.44 bits per heavy atom. The van der Waals surface area contributed by atoms with Gasteiger partial charge in [-0.25, -0.2) is 9.18 Å². The zero-order valence-corrected chi connectivity index (χ0v) is 14.8. The Morgan fingerprint density at radius 1 is 1.04 bits per heavy atom. The van der Waals surface area contributed by atoms with Gasteiger partial charge in [0.25, 0.3) is 0 Å². The molecule has 134 valence electrons. The molecule has 0 fully saturated rings. The maximum Gasteiger partial charge on any atom is 0.315 e. The first kappa shape index (κ1) is 18.9. The summed E-state index contributed by atoms with van der Waals surface area (Å²) >= 11 is 5.70. The maximum atomic E-state index is 13.1. The number of hydrogen-bond donors (Lipinski definition) is 2. The van der Waals surface area contributed by atoms with E-state index < -0.39 is 5.82 Å². The monoisotopic (exact) mass is 366 g/mol. The number of hydrogen-bond acceptors (Lipinski definition) is 3. The number of carbonyl (C=O) groups is 1. The molecule has 2 rings (SSSR count). The van der Waals surface area contributed by atoms with Gasteiger partial charge in [-0.15, -0.1) is 0 Å². The third-order valence-corrected chi connectivity index (χ3v) is 3.87. The highest BCUT2D eigenvalue weighted by molar-refractivity contribution is 6.30. The van der Waals surface area contributed by atoms with Crippen LogP contribution in [0, 0.1) is 5.82 Å². The van der Waals surface area contributed by atoms with Gasteiger partial charge in [-0.05, 0) is 41.8 Å². The molecule has 0 aliphatic rings. The van der Waals surface area contributed by atoms with E-state index in [-0.39, 0.29) is 17.6 Å². The number of rotatable bonds is 7. The van der Waals surface area contributed by atoms with Crippen LogP contribution in [0.15, 0.2) is 36.4 Å². The van der Waals surface area contributed by atoms with Crippen molar-refractivity contribution >= 4 is 17.6 Å². The quantitative estimate of drug-likeness (QED) is 0.788. The van der Waals surface area contributed by atoms with Gasteiger partial charge >= 0.3 is 6.03 Å². The smallest absolute Gasteiger partial charge is 0.315 e. The zero-order chi connectivity index (χ0) is 18.2. The lowest BCUT2D eigenvalue weighted by Crippen LogP contribution is -2.36. The average molecular weight is 367 g/mol. The van der Waals surface area contributed by atoms with Crippen molar-refractivity contribution in [3.8, 4) is 11.5 Å². The van der Waals surface area contributed by atoms with Gasteiger partial charge in [0.2, 0.25) is 0 Å². The molecular formula is C18H20ClFN2O3. The molecule has 2 amide bonds. The van der Waals surface area contributed by atoms with Crippen LogP contribution in [0.25, 0.3) is 0 Å². The number of nitrogens with one attached hydrogen (secondary N) is 2. The number of ether oxygens (including phenoxy) is 2. The third kappa shape index (κ3) is 5.53. The summed E-state index contributed by atoms with van der Waals surface area (Å²) in [7, 11) is 3.16. The lowest BCUT2D eigenvalue weighted by atomic mass is 10.1. The van der Waals surface area contributed by atoms with Crippen LogP contribution < -0.4 is 20.1 Å². The van der Waals surface area contributed by atoms with Crippen molar-refractivity contribution in [3.63, 3.8) is 0 Å². The van der Waals surface area contributed by atoms with Crippen LogP contribution in [-0.2, 0) is 13.0 Å². The largest absolute Gasteiger partial charge is 0.493 e. The summed E-state index contributed by atoms with van der Waals surface area (Å²) in [4.78, 5) is 11.8. The van der Waals surface area contributed by atoms with E-state index in [2.05, 4.69) is 10.6 Å². The fourth-order valence-corrected chi connectivity index (χ4v) is 2.45.